The Balaban J connectivity index is 1.53. The van der Waals surface area contributed by atoms with Gasteiger partial charge in [-0.25, -0.2) is 0 Å². The van der Waals surface area contributed by atoms with Gasteiger partial charge in [0.15, 0.2) is 0 Å². The van der Waals surface area contributed by atoms with Gasteiger partial charge in [0.1, 0.15) is 8.07 Å². The number of hydrogen-bond acceptors (Lipinski definition) is 0. The van der Waals surface area contributed by atoms with Crippen LogP contribution in [-0.4, -0.2) is 8.07 Å². The molecule has 0 aromatic heterocycles. The highest BCUT2D eigenvalue weighted by Crippen LogP contribution is 2.61. The van der Waals surface area contributed by atoms with Crippen LogP contribution in [0.15, 0.2) is 122 Å². The second kappa shape index (κ2) is 10.4. The molecule has 0 nitrogen and oxygen atoms in total. The summed E-state index contributed by atoms with van der Waals surface area (Å²) in [7, 11) is -2.18. The SMILES string of the molecule is C=CCCCC1CCC([Si](c2ccccc2)(c2ccccc2)C2C3C=CC=CC3C3C=CC=CC32)C1. The van der Waals surface area contributed by atoms with E-state index in [1.54, 1.807) is 10.4 Å². The lowest BCUT2D eigenvalue weighted by atomic mass is 9.83. The van der Waals surface area contributed by atoms with Crippen LogP contribution in [0.5, 0.6) is 0 Å². The van der Waals surface area contributed by atoms with E-state index < -0.39 is 8.07 Å². The van der Waals surface area contributed by atoms with E-state index in [1.807, 2.05) is 0 Å². The van der Waals surface area contributed by atoms with E-state index in [-0.39, 0.29) is 0 Å². The molecular formula is C35H40Si. The average Bonchev–Trinajstić information content (AvgIpc) is 3.55. The van der Waals surface area contributed by atoms with E-state index in [2.05, 4.69) is 122 Å². The largest absolute Gasteiger partial charge is 0.125 e. The van der Waals surface area contributed by atoms with Gasteiger partial charge >= 0.3 is 0 Å². The van der Waals surface area contributed by atoms with Gasteiger partial charge in [0.25, 0.3) is 0 Å². The summed E-state index contributed by atoms with van der Waals surface area (Å²) in [4.78, 5) is 0. The Labute approximate surface area is 219 Å². The molecule has 0 saturated heterocycles. The van der Waals surface area contributed by atoms with Gasteiger partial charge in [-0.15, -0.1) is 6.58 Å². The van der Waals surface area contributed by atoms with Crippen LogP contribution in [0.1, 0.15) is 38.5 Å². The summed E-state index contributed by atoms with van der Waals surface area (Å²) in [5.74, 6) is 3.34. The lowest BCUT2D eigenvalue weighted by Gasteiger charge is -2.48. The zero-order chi connectivity index (χ0) is 24.4. The van der Waals surface area contributed by atoms with Gasteiger partial charge < -0.3 is 0 Å². The van der Waals surface area contributed by atoms with Crippen molar-refractivity contribution in [3.05, 3.63) is 122 Å². The number of rotatable bonds is 8. The molecule has 0 amide bonds. The quantitative estimate of drug-likeness (QED) is 0.201. The normalized spacial score (nSPS) is 32.4. The maximum Gasteiger partial charge on any atom is 0.125 e. The fraction of sp³-hybridized carbons (Fsp3) is 0.371. The summed E-state index contributed by atoms with van der Waals surface area (Å²) in [6.07, 6.45) is 29.7. The van der Waals surface area contributed by atoms with E-state index >= 15 is 0 Å². The molecule has 0 radical (unpaired) electrons. The molecule has 0 bridgehead atoms. The second-order valence-corrected chi connectivity index (χ2v) is 15.9. The molecule has 6 unspecified atom stereocenters. The van der Waals surface area contributed by atoms with Crippen molar-refractivity contribution in [1.82, 2.24) is 0 Å². The maximum atomic E-state index is 3.97. The van der Waals surface area contributed by atoms with Crippen molar-refractivity contribution in [2.24, 2.45) is 29.6 Å². The smallest absolute Gasteiger partial charge is 0.103 e. The fourth-order valence-electron chi connectivity index (χ4n) is 8.66. The second-order valence-electron chi connectivity index (χ2n) is 11.6. The summed E-state index contributed by atoms with van der Waals surface area (Å²) < 4.78 is 0. The van der Waals surface area contributed by atoms with Crippen LogP contribution in [0.3, 0.4) is 0 Å². The monoisotopic (exact) mass is 488 g/mol. The number of allylic oxidation sites excluding steroid dienone is 9. The van der Waals surface area contributed by atoms with Crippen molar-refractivity contribution in [2.75, 3.05) is 0 Å². The number of fused-ring (bicyclic) bond motifs is 3. The van der Waals surface area contributed by atoms with Crippen LogP contribution in [0.4, 0.5) is 0 Å². The minimum absolute atomic E-state index is 0.615. The van der Waals surface area contributed by atoms with Crippen LogP contribution < -0.4 is 10.4 Å². The first-order chi connectivity index (χ1) is 17.8. The molecule has 2 aromatic rings. The highest BCUT2D eigenvalue weighted by molar-refractivity contribution is 7.04. The molecule has 0 N–H and O–H groups in total. The number of benzene rings is 2. The number of unbranched alkanes of at least 4 members (excludes halogenated alkanes) is 1. The lowest BCUT2D eigenvalue weighted by Crippen LogP contribution is -2.66. The van der Waals surface area contributed by atoms with E-state index in [1.165, 1.54) is 32.1 Å². The van der Waals surface area contributed by atoms with Crippen molar-refractivity contribution in [1.29, 1.82) is 0 Å². The topological polar surface area (TPSA) is 0 Å². The fourth-order valence-corrected chi connectivity index (χ4v) is 15.9. The maximum absolute atomic E-state index is 3.97. The van der Waals surface area contributed by atoms with Crippen molar-refractivity contribution in [2.45, 2.75) is 49.6 Å². The molecule has 2 saturated carbocycles. The Morgan fingerprint density at radius 3 is 1.75 bits per heavy atom. The van der Waals surface area contributed by atoms with Gasteiger partial charge in [0, 0.05) is 0 Å². The standard InChI is InChI=1S/C35H40Si/c1-2-3-6-15-27-24-25-30(26-27)36(28-16-7-4-8-17-28,29-18-9-5-10-19-29)35-33-22-13-11-20-31(33)32-21-12-14-23-34(32)35/h2,4-5,7-14,16-23,27,30-35H,1,3,6,15,24-26H2. The molecule has 6 rings (SSSR count). The van der Waals surface area contributed by atoms with Crippen molar-refractivity contribution < 1.29 is 0 Å². The minimum atomic E-state index is -2.18. The average molecular weight is 489 g/mol. The molecule has 0 aliphatic heterocycles. The van der Waals surface area contributed by atoms with Gasteiger partial charge in [0.05, 0.1) is 0 Å². The lowest BCUT2D eigenvalue weighted by molar-refractivity contribution is 0.461. The molecule has 36 heavy (non-hydrogen) atoms. The predicted octanol–water partition coefficient (Wildman–Crippen LogP) is 7.88. The van der Waals surface area contributed by atoms with Crippen molar-refractivity contribution >= 4 is 18.4 Å². The van der Waals surface area contributed by atoms with Crippen LogP contribution >= 0.6 is 0 Å². The third kappa shape index (κ3) is 3.97. The summed E-state index contributed by atoms with van der Waals surface area (Å²) in [6.45, 7) is 3.97. The number of hydrogen-bond donors (Lipinski definition) is 0. The van der Waals surface area contributed by atoms with Crippen LogP contribution in [0, 0.1) is 29.6 Å². The van der Waals surface area contributed by atoms with E-state index in [0.29, 0.717) is 29.2 Å². The highest BCUT2D eigenvalue weighted by atomic mass is 28.3. The minimum Gasteiger partial charge on any atom is -0.103 e. The molecular weight excluding hydrogens is 448 g/mol. The zero-order valence-corrected chi connectivity index (χ0v) is 22.5. The first-order valence-electron chi connectivity index (χ1n) is 14.3. The van der Waals surface area contributed by atoms with Gasteiger partial charge in [-0.3, -0.25) is 0 Å². The summed E-state index contributed by atoms with van der Waals surface area (Å²) >= 11 is 0. The van der Waals surface area contributed by atoms with Gasteiger partial charge in [0.2, 0.25) is 0 Å². The molecule has 4 aliphatic rings. The Hall–Kier alpha value is -2.64. The first-order valence-corrected chi connectivity index (χ1v) is 16.4. The predicted molar refractivity (Wildman–Crippen MR) is 157 cm³/mol. The third-order valence-corrected chi connectivity index (χ3v) is 16.2. The van der Waals surface area contributed by atoms with E-state index in [9.17, 15) is 0 Å². The molecule has 2 fully saturated rings. The molecule has 4 aliphatic carbocycles. The molecule has 1 heteroatoms. The molecule has 184 valence electrons. The highest BCUT2D eigenvalue weighted by Gasteiger charge is 2.61. The Morgan fingerprint density at radius 2 is 1.22 bits per heavy atom. The van der Waals surface area contributed by atoms with Crippen molar-refractivity contribution in [3.8, 4) is 0 Å². The van der Waals surface area contributed by atoms with Crippen LogP contribution in [-0.2, 0) is 0 Å². The molecule has 2 aromatic carbocycles. The summed E-state index contributed by atoms with van der Waals surface area (Å²) in [6, 6.07) is 23.7. The van der Waals surface area contributed by atoms with E-state index in [4.69, 9.17) is 0 Å². The van der Waals surface area contributed by atoms with Gasteiger partial charge in [-0.2, -0.15) is 0 Å². The molecule has 0 heterocycles. The zero-order valence-electron chi connectivity index (χ0n) is 21.5. The van der Waals surface area contributed by atoms with Gasteiger partial charge in [-0.1, -0.05) is 145 Å². The first kappa shape index (κ1) is 23.7. The Kier molecular flexibility index (Phi) is 6.85. The van der Waals surface area contributed by atoms with Crippen LogP contribution in [0.2, 0.25) is 11.1 Å². The van der Waals surface area contributed by atoms with E-state index in [0.717, 1.165) is 17.9 Å². The molecule has 0 spiro atoms. The van der Waals surface area contributed by atoms with Crippen molar-refractivity contribution in [3.63, 3.8) is 0 Å². The summed E-state index contributed by atoms with van der Waals surface area (Å²) in [5.41, 5.74) is 1.47. The van der Waals surface area contributed by atoms with Gasteiger partial charge in [-0.05, 0) is 59.9 Å². The third-order valence-electron chi connectivity index (χ3n) is 9.95. The Morgan fingerprint density at radius 1 is 0.694 bits per heavy atom. The Bertz CT molecular complexity index is 1080. The molecule has 6 atom stereocenters. The van der Waals surface area contributed by atoms with Crippen LogP contribution in [0.25, 0.3) is 0 Å². The summed E-state index contributed by atoms with van der Waals surface area (Å²) in [5, 5.41) is 3.34.